The van der Waals surface area contributed by atoms with Crippen LogP contribution in [0.15, 0.2) is 42.6 Å². The van der Waals surface area contributed by atoms with Crippen LogP contribution in [0.3, 0.4) is 0 Å². The number of aromatic nitrogens is 1. The van der Waals surface area contributed by atoms with E-state index in [1.54, 1.807) is 6.07 Å². The van der Waals surface area contributed by atoms with Crippen LogP contribution in [-0.4, -0.2) is 69.0 Å². The van der Waals surface area contributed by atoms with E-state index in [1.807, 2.05) is 24.4 Å². The summed E-state index contributed by atoms with van der Waals surface area (Å²) in [6.45, 7) is 6.89. The van der Waals surface area contributed by atoms with Crippen molar-refractivity contribution in [2.24, 2.45) is 5.92 Å². The molecule has 2 aromatic rings. The summed E-state index contributed by atoms with van der Waals surface area (Å²) in [6, 6.07) is 12.0. The van der Waals surface area contributed by atoms with Crippen LogP contribution in [0.1, 0.15) is 101 Å². The maximum Gasteiger partial charge on any atom is 0.220 e. The van der Waals surface area contributed by atoms with Crippen LogP contribution in [0.2, 0.25) is 0 Å². The van der Waals surface area contributed by atoms with E-state index in [2.05, 4.69) is 36.2 Å². The van der Waals surface area contributed by atoms with E-state index in [9.17, 15) is 15.0 Å². The van der Waals surface area contributed by atoms with Crippen molar-refractivity contribution in [3.8, 4) is 5.75 Å². The number of hydrogen-bond acceptors (Lipinski definition) is 6. The van der Waals surface area contributed by atoms with Crippen molar-refractivity contribution in [2.45, 2.75) is 125 Å². The van der Waals surface area contributed by atoms with Crippen molar-refractivity contribution >= 4 is 5.91 Å². The van der Waals surface area contributed by atoms with Gasteiger partial charge in [0.1, 0.15) is 5.75 Å². The third-order valence-corrected chi connectivity index (χ3v) is 12.6. The molecule has 5 aliphatic rings. The predicted octanol–water partition coefficient (Wildman–Crippen LogP) is 5.16. The smallest absolute Gasteiger partial charge is 0.220 e. The second-order valence-electron chi connectivity index (χ2n) is 14.6. The molecule has 1 amide bonds. The Morgan fingerprint density at radius 2 is 1.95 bits per heavy atom. The molecule has 43 heavy (non-hydrogen) atoms. The number of aromatic hydroxyl groups is 1. The molecule has 232 valence electrons. The van der Waals surface area contributed by atoms with Gasteiger partial charge in [-0.1, -0.05) is 31.9 Å². The number of aryl methyl sites for hydroxylation is 1. The number of benzene rings is 1. The standard InChI is InChI=1S/C36H49N3O4/c1-3-26-9-10-28(40)21-29(26)35-14-18-39(25(2)36(35,42)22-27-20-32(41)38-30(27)23-35)17-13-33(31-8-4-7-16-37-31)15-19-43-34(24-33)11-5-6-12-34/h4,7-10,16,21,25,27,30,40,42H,3,5-6,11-15,17-20,22-24H2,1-2H3,(H,38,41)/t25?,27?,30?,33-,35-,36?/m1/s1. The fourth-order valence-corrected chi connectivity index (χ4v) is 10.3. The van der Waals surface area contributed by atoms with Gasteiger partial charge in [-0.05, 0) is 119 Å². The first-order valence-electron chi connectivity index (χ1n) is 16.9. The Kier molecular flexibility index (Phi) is 7.38. The maximum absolute atomic E-state index is 13.1. The number of pyridine rings is 1. The largest absolute Gasteiger partial charge is 0.508 e. The summed E-state index contributed by atoms with van der Waals surface area (Å²) in [7, 11) is 0. The Hall–Kier alpha value is -2.48. The molecule has 1 spiro atoms. The molecule has 7 heteroatoms. The van der Waals surface area contributed by atoms with E-state index in [4.69, 9.17) is 9.72 Å². The lowest BCUT2D eigenvalue weighted by molar-refractivity contribution is -0.169. The number of phenolic OH excluding ortho intramolecular Hbond substituents is 1. The van der Waals surface area contributed by atoms with Crippen LogP contribution in [0.5, 0.6) is 5.75 Å². The second kappa shape index (κ2) is 10.8. The number of fused-ring (bicyclic) bond motifs is 2. The van der Waals surface area contributed by atoms with Gasteiger partial charge >= 0.3 is 0 Å². The lowest BCUT2D eigenvalue weighted by atomic mass is 9.50. The molecule has 1 aromatic heterocycles. The molecule has 7 rings (SSSR count). The van der Waals surface area contributed by atoms with Crippen molar-refractivity contribution in [3.63, 3.8) is 0 Å². The summed E-state index contributed by atoms with van der Waals surface area (Å²) < 4.78 is 6.51. The Balaban J connectivity index is 1.21. The number of hydrogen-bond donors (Lipinski definition) is 3. The highest BCUT2D eigenvalue weighted by Gasteiger charge is 2.64. The van der Waals surface area contributed by atoms with Crippen molar-refractivity contribution in [3.05, 3.63) is 59.4 Å². The molecule has 7 nitrogen and oxygen atoms in total. The molecule has 3 aliphatic heterocycles. The van der Waals surface area contributed by atoms with Gasteiger partial charge in [0.2, 0.25) is 5.91 Å². The van der Waals surface area contributed by atoms with Gasteiger partial charge in [0.25, 0.3) is 0 Å². The number of carbonyl (C=O) groups is 1. The molecule has 3 saturated heterocycles. The molecule has 2 saturated carbocycles. The highest BCUT2D eigenvalue weighted by Crippen LogP contribution is 2.58. The van der Waals surface area contributed by atoms with Gasteiger partial charge in [-0.3, -0.25) is 14.7 Å². The van der Waals surface area contributed by atoms with Crippen LogP contribution in [0.25, 0.3) is 0 Å². The summed E-state index contributed by atoms with van der Waals surface area (Å²) in [5.41, 5.74) is 1.82. The second-order valence-corrected chi connectivity index (χ2v) is 14.6. The van der Waals surface area contributed by atoms with Gasteiger partial charge in [0, 0.05) is 47.8 Å². The summed E-state index contributed by atoms with van der Waals surface area (Å²) in [5.74, 6) is 0.475. The number of nitrogens with zero attached hydrogens (tertiary/aromatic N) is 2. The number of nitrogens with one attached hydrogen (secondary N) is 1. The predicted molar refractivity (Wildman–Crippen MR) is 166 cm³/mol. The van der Waals surface area contributed by atoms with Crippen molar-refractivity contribution in [2.75, 3.05) is 19.7 Å². The Bertz CT molecular complexity index is 1350. The van der Waals surface area contributed by atoms with Crippen LogP contribution >= 0.6 is 0 Å². The highest BCUT2D eigenvalue weighted by molar-refractivity contribution is 5.79. The Labute approximate surface area is 256 Å². The van der Waals surface area contributed by atoms with Crippen LogP contribution < -0.4 is 5.32 Å². The maximum atomic E-state index is 13.1. The highest BCUT2D eigenvalue weighted by atomic mass is 16.5. The summed E-state index contributed by atoms with van der Waals surface area (Å²) in [5, 5.41) is 27.0. The van der Waals surface area contributed by atoms with Gasteiger partial charge in [-0.2, -0.15) is 0 Å². The topological polar surface area (TPSA) is 94.9 Å². The fourth-order valence-electron chi connectivity index (χ4n) is 10.3. The van der Waals surface area contributed by atoms with E-state index in [1.165, 1.54) is 24.1 Å². The molecule has 3 N–H and O–H groups in total. The average molecular weight is 588 g/mol. The Morgan fingerprint density at radius 3 is 2.72 bits per heavy atom. The summed E-state index contributed by atoms with van der Waals surface area (Å²) in [4.78, 5) is 20.0. The zero-order valence-corrected chi connectivity index (χ0v) is 26.0. The number of amides is 1. The quantitative estimate of drug-likeness (QED) is 0.432. The first-order valence-corrected chi connectivity index (χ1v) is 16.9. The normalized spacial score (nSPS) is 37.2. The zero-order chi connectivity index (χ0) is 29.9. The van der Waals surface area contributed by atoms with E-state index >= 15 is 0 Å². The van der Waals surface area contributed by atoms with Gasteiger partial charge < -0.3 is 20.3 Å². The number of rotatable bonds is 6. The van der Waals surface area contributed by atoms with Crippen molar-refractivity contribution in [1.82, 2.24) is 15.2 Å². The molecule has 6 atom stereocenters. The number of piperidine rings is 1. The average Bonchev–Trinajstić information content (AvgIpc) is 3.61. The minimum Gasteiger partial charge on any atom is -0.508 e. The van der Waals surface area contributed by atoms with Crippen LogP contribution in [-0.2, 0) is 26.8 Å². The van der Waals surface area contributed by atoms with Crippen LogP contribution in [0.4, 0.5) is 0 Å². The monoisotopic (exact) mass is 587 g/mol. The van der Waals surface area contributed by atoms with Gasteiger partial charge in [-0.25, -0.2) is 0 Å². The lowest BCUT2D eigenvalue weighted by Gasteiger charge is -2.62. The van der Waals surface area contributed by atoms with Crippen molar-refractivity contribution in [1.29, 1.82) is 0 Å². The van der Waals surface area contributed by atoms with E-state index in [-0.39, 0.29) is 40.7 Å². The van der Waals surface area contributed by atoms with Crippen molar-refractivity contribution < 1.29 is 19.7 Å². The number of phenols is 1. The summed E-state index contributed by atoms with van der Waals surface area (Å²) in [6.07, 6.45) is 13.1. The van der Waals surface area contributed by atoms with E-state index in [0.717, 1.165) is 70.2 Å². The molecule has 4 unspecified atom stereocenters. The minimum absolute atomic E-state index is 0.0249. The molecule has 1 aromatic carbocycles. The number of likely N-dealkylation sites (tertiary alicyclic amines) is 1. The molecule has 0 bridgehead atoms. The van der Waals surface area contributed by atoms with E-state index in [0.29, 0.717) is 19.3 Å². The fraction of sp³-hybridized carbons (Fsp3) is 0.667. The molecular formula is C36H49N3O4. The minimum atomic E-state index is -1.02. The molecule has 2 aliphatic carbocycles. The number of ether oxygens (including phenoxy) is 1. The number of carbonyl (C=O) groups excluding carboxylic acids is 1. The molecular weight excluding hydrogens is 538 g/mol. The number of aliphatic hydroxyl groups is 1. The third-order valence-electron chi connectivity index (χ3n) is 12.6. The van der Waals surface area contributed by atoms with E-state index < -0.39 is 11.0 Å². The lowest BCUT2D eigenvalue weighted by Crippen LogP contribution is -2.72. The first kappa shape index (κ1) is 29.2. The SMILES string of the molecule is CCc1ccc(O)cc1[C@]12CCN(CC[C@@]3(c4ccccn4)CCOC4(CCCC4)C3)C(C)C1(O)CC1CC(=O)NC1C2. The van der Waals surface area contributed by atoms with Gasteiger partial charge in [0.05, 0.1) is 11.2 Å². The van der Waals surface area contributed by atoms with Gasteiger partial charge in [-0.15, -0.1) is 0 Å². The van der Waals surface area contributed by atoms with Gasteiger partial charge in [0.15, 0.2) is 0 Å². The Morgan fingerprint density at radius 1 is 1.12 bits per heavy atom. The molecule has 5 fully saturated rings. The summed E-state index contributed by atoms with van der Waals surface area (Å²) >= 11 is 0. The molecule has 4 heterocycles. The zero-order valence-electron chi connectivity index (χ0n) is 26.0. The first-order chi connectivity index (χ1) is 20.7. The van der Waals surface area contributed by atoms with Crippen LogP contribution in [0, 0.1) is 5.92 Å². The molecule has 0 radical (unpaired) electrons. The third kappa shape index (κ3) is 4.72.